The fourth-order valence-electron chi connectivity index (χ4n) is 2.65. The summed E-state index contributed by atoms with van der Waals surface area (Å²) in [5, 5.41) is 4.41. The van der Waals surface area contributed by atoms with Crippen molar-refractivity contribution >= 4 is 23.5 Å². The molecule has 0 unspecified atom stereocenters. The highest BCUT2D eigenvalue weighted by Crippen LogP contribution is 2.32. The van der Waals surface area contributed by atoms with Gasteiger partial charge in [0.25, 0.3) is 0 Å². The zero-order valence-corrected chi connectivity index (χ0v) is 16.2. The summed E-state index contributed by atoms with van der Waals surface area (Å²) in [6.07, 6.45) is 1.59. The van der Waals surface area contributed by atoms with Crippen molar-refractivity contribution in [1.82, 2.24) is 10.1 Å². The van der Waals surface area contributed by atoms with Crippen LogP contribution < -0.4 is 9.47 Å². The molecule has 8 nitrogen and oxygen atoms in total. The highest BCUT2D eigenvalue weighted by atomic mass is 32.2. The van der Waals surface area contributed by atoms with Gasteiger partial charge in [-0.1, -0.05) is 16.9 Å². The molecule has 0 amide bonds. The molecule has 0 atom stereocenters. The second kappa shape index (κ2) is 8.36. The van der Waals surface area contributed by atoms with E-state index in [0.717, 1.165) is 5.69 Å². The van der Waals surface area contributed by atoms with Crippen LogP contribution in [0, 0.1) is 6.92 Å². The van der Waals surface area contributed by atoms with E-state index >= 15 is 0 Å². The fourth-order valence-corrected chi connectivity index (χ4v) is 3.51. The molecule has 0 fully saturated rings. The Bertz CT molecular complexity index is 1060. The Morgan fingerprint density at radius 3 is 2.86 bits per heavy atom. The molecule has 0 saturated heterocycles. The molecule has 2 aromatic heterocycles. The normalized spacial score (nSPS) is 12.0. The van der Waals surface area contributed by atoms with Crippen molar-refractivity contribution in [3.05, 3.63) is 65.2 Å². The maximum absolute atomic E-state index is 12.5. The summed E-state index contributed by atoms with van der Waals surface area (Å²) in [5.74, 6) is 1.32. The van der Waals surface area contributed by atoms with Gasteiger partial charge >= 0.3 is 5.97 Å². The minimum atomic E-state index is -0.619. The number of rotatable bonds is 7. The first-order valence-electron chi connectivity index (χ1n) is 8.70. The molecule has 0 radical (unpaired) electrons. The molecule has 1 aliphatic rings. The van der Waals surface area contributed by atoms with Crippen LogP contribution in [0.15, 0.2) is 52.1 Å². The Hall–Kier alpha value is -3.33. The smallest absolute Gasteiger partial charge is 0.341 e. The Kier molecular flexibility index (Phi) is 5.48. The van der Waals surface area contributed by atoms with E-state index in [-0.39, 0.29) is 24.7 Å². The van der Waals surface area contributed by atoms with Gasteiger partial charge in [-0.25, -0.2) is 9.78 Å². The monoisotopic (exact) mass is 412 g/mol. The predicted octanol–water partition coefficient (Wildman–Crippen LogP) is 3.44. The van der Waals surface area contributed by atoms with Gasteiger partial charge in [-0.15, -0.1) is 0 Å². The summed E-state index contributed by atoms with van der Waals surface area (Å²) in [6, 6.07) is 9.90. The molecular weight excluding hydrogens is 396 g/mol. The van der Waals surface area contributed by atoms with Crippen LogP contribution in [0.25, 0.3) is 0 Å². The Morgan fingerprint density at radius 1 is 1.17 bits per heavy atom. The van der Waals surface area contributed by atoms with Crippen LogP contribution in [-0.2, 0) is 10.5 Å². The Morgan fingerprint density at radius 2 is 2.03 bits per heavy atom. The van der Waals surface area contributed by atoms with E-state index in [1.165, 1.54) is 11.8 Å². The topological polar surface area (TPSA) is 101 Å². The van der Waals surface area contributed by atoms with E-state index in [9.17, 15) is 9.59 Å². The number of hydrogen-bond donors (Lipinski definition) is 0. The predicted molar refractivity (Wildman–Crippen MR) is 102 cm³/mol. The molecule has 0 bridgehead atoms. The van der Waals surface area contributed by atoms with E-state index in [1.807, 2.05) is 13.0 Å². The van der Waals surface area contributed by atoms with Crippen LogP contribution in [0.4, 0.5) is 0 Å². The van der Waals surface area contributed by atoms with Crippen molar-refractivity contribution in [1.29, 1.82) is 0 Å². The molecule has 0 saturated carbocycles. The number of pyridine rings is 1. The number of nitrogens with zero attached hydrogens (tertiary/aromatic N) is 2. The number of carbonyl (C=O) groups is 2. The molecule has 9 heteroatoms. The summed E-state index contributed by atoms with van der Waals surface area (Å²) >= 11 is 1.34. The van der Waals surface area contributed by atoms with Crippen LogP contribution in [0.2, 0.25) is 0 Å². The van der Waals surface area contributed by atoms with Crippen LogP contribution >= 0.6 is 11.8 Å². The van der Waals surface area contributed by atoms with Gasteiger partial charge < -0.3 is 18.7 Å². The van der Waals surface area contributed by atoms with Crippen molar-refractivity contribution in [2.24, 2.45) is 0 Å². The van der Waals surface area contributed by atoms with Crippen molar-refractivity contribution < 1.29 is 28.3 Å². The minimum absolute atomic E-state index is 0.122. The molecule has 1 aliphatic heterocycles. The van der Waals surface area contributed by atoms with Crippen LogP contribution in [0.3, 0.4) is 0 Å². The first kappa shape index (κ1) is 19.0. The number of fused-ring (bicyclic) bond motifs is 1. The molecule has 148 valence electrons. The average Bonchev–Trinajstić information content (AvgIpc) is 3.38. The van der Waals surface area contributed by atoms with Gasteiger partial charge in [0, 0.05) is 23.6 Å². The molecule has 29 heavy (non-hydrogen) atoms. The number of aromatic nitrogens is 2. The molecular formula is C20H16N2O6S. The standard InChI is InChI=1S/C20H16N2O6S/c1-12-7-14(22-28-12)10-29-19-15(3-2-6-21-19)20(24)25-9-16(23)13-4-5-17-18(8-13)27-11-26-17/h2-8H,9-11H2,1H3. The zero-order valence-electron chi connectivity index (χ0n) is 15.4. The van der Waals surface area contributed by atoms with Gasteiger partial charge in [-0.2, -0.15) is 0 Å². The second-order valence-electron chi connectivity index (χ2n) is 6.14. The lowest BCUT2D eigenvalue weighted by Gasteiger charge is -2.08. The summed E-state index contributed by atoms with van der Waals surface area (Å²) in [7, 11) is 0. The summed E-state index contributed by atoms with van der Waals surface area (Å²) < 4.78 is 20.7. The largest absolute Gasteiger partial charge is 0.454 e. The maximum Gasteiger partial charge on any atom is 0.341 e. The van der Waals surface area contributed by atoms with Gasteiger partial charge in [0.05, 0.1) is 11.3 Å². The number of thioether (sulfide) groups is 1. The molecule has 0 N–H and O–H groups in total. The number of ketones is 1. The van der Waals surface area contributed by atoms with Crippen LogP contribution in [0.5, 0.6) is 11.5 Å². The molecule has 4 rings (SSSR count). The number of carbonyl (C=O) groups excluding carboxylic acids is 2. The Balaban J connectivity index is 1.38. The fraction of sp³-hybridized carbons (Fsp3) is 0.200. The van der Waals surface area contributed by atoms with Gasteiger partial charge in [0.1, 0.15) is 10.8 Å². The minimum Gasteiger partial charge on any atom is -0.454 e. The molecule has 0 spiro atoms. The lowest BCUT2D eigenvalue weighted by Crippen LogP contribution is -2.15. The van der Waals surface area contributed by atoms with Crippen molar-refractivity contribution in [3.8, 4) is 11.5 Å². The lowest BCUT2D eigenvalue weighted by molar-refractivity contribution is 0.0470. The van der Waals surface area contributed by atoms with Gasteiger partial charge in [-0.05, 0) is 37.3 Å². The van der Waals surface area contributed by atoms with Crippen molar-refractivity contribution in [2.75, 3.05) is 13.4 Å². The summed E-state index contributed by atoms with van der Waals surface area (Å²) in [4.78, 5) is 29.1. The summed E-state index contributed by atoms with van der Waals surface area (Å²) in [5.41, 5.74) is 1.41. The average molecular weight is 412 g/mol. The number of benzene rings is 1. The van der Waals surface area contributed by atoms with Gasteiger partial charge in [0.2, 0.25) is 6.79 Å². The van der Waals surface area contributed by atoms with E-state index in [0.29, 0.717) is 33.6 Å². The third-order valence-corrected chi connectivity index (χ3v) is 5.09. The van der Waals surface area contributed by atoms with E-state index in [4.69, 9.17) is 18.7 Å². The highest BCUT2D eigenvalue weighted by Gasteiger charge is 2.19. The van der Waals surface area contributed by atoms with E-state index in [1.54, 1.807) is 36.5 Å². The highest BCUT2D eigenvalue weighted by molar-refractivity contribution is 7.98. The second-order valence-corrected chi connectivity index (χ2v) is 7.11. The molecule has 3 aromatic rings. The SMILES string of the molecule is Cc1cc(CSc2ncccc2C(=O)OCC(=O)c2ccc3c(c2)OCO3)no1. The van der Waals surface area contributed by atoms with Crippen molar-refractivity contribution in [3.63, 3.8) is 0 Å². The van der Waals surface area contributed by atoms with Crippen LogP contribution in [0.1, 0.15) is 32.2 Å². The maximum atomic E-state index is 12.5. The quantitative estimate of drug-likeness (QED) is 0.328. The zero-order chi connectivity index (χ0) is 20.2. The first-order chi connectivity index (χ1) is 14.1. The lowest BCUT2D eigenvalue weighted by atomic mass is 10.1. The summed E-state index contributed by atoms with van der Waals surface area (Å²) in [6.45, 7) is 1.54. The van der Waals surface area contributed by atoms with Crippen molar-refractivity contribution in [2.45, 2.75) is 17.7 Å². The number of aryl methyl sites for hydroxylation is 1. The van der Waals surface area contributed by atoms with Gasteiger partial charge in [0.15, 0.2) is 23.9 Å². The number of ether oxygens (including phenoxy) is 3. The van der Waals surface area contributed by atoms with Crippen LogP contribution in [-0.4, -0.2) is 35.3 Å². The first-order valence-corrected chi connectivity index (χ1v) is 9.68. The Labute approximate surface area is 170 Å². The molecule has 3 heterocycles. The van der Waals surface area contributed by atoms with Gasteiger partial charge in [-0.3, -0.25) is 4.79 Å². The van der Waals surface area contributed by atoms with E-state index < -0.39 is 5.97 Å². The number of Topliss-reactive ketones (excluding diaryl/α,β-unsaturated/α-hetero) is 1. The third kappa shape index (κ3) is 4.40. The number of hydrogen-bond acceptors (Lipinski definition) is 9. The molecule has 0 aliphatic carbocycles. The number of esters is 1. The third-order valence-electron chi connectivity index (χ3n) is 4.05. The molecule has 1 aromatic carbocycles. The van der Waals surface area contributed by atoms with E-state index in [2.05, 4.69) is 10.1 Å².